The maximum Gasteiger partial charge on any atom is 0.266 e. The zero-order chi connectivity index (χ0) is 25.4. The van der Waals surface area contributed by atoms with E-state index < -0.39 is 30.0 Å². The zero-order valence-electron chi connectivity index (χ0n) is 19.8. The van der Waals surface area contributed by atoms with E-state index in [9.17, 15) is 22.4 Å². The van der Waals surface area contributed by atoms with Crippen LogP contribution >= 0.6 is 0 Å². The number of hydrogen-bond acceptors (Lipinski definition) is 6. The number of rotatable bonds is 6. The highest BCUT2D eigenvalue weighted by Gasteiger charge is 2.29. The van der Waals surface area contributed by atoms with Gasteiger partial charge in [0.15, 0.2) is 5.65 Å². The molecule has 7 nitrogen and oxygen atoms in total. The first kappa shape index (κ1) is 24.6. The molecule has 0 spiro atoms. The molecule has 1 saturated heterocycles. The Labute approximate surface area is 200 Å². The fourth-order valence-electron chi connectivity index (χ4n) is 4.17. The molecule has 0 unspecified atom stereocenters. The van der Waals surface area contributed by atoms with Crippen molar-refractivity contribution in [3.05, 3.63) is 52.6 Å². The number of fused-ring (bicyclic) bond motifs is 1. The molecule has 2 aromatic heterocycles. The summed E-state index contributed by atoms with van der Waals surface area (Å²) in [6.45, 7) is 3.81. The van der Waals surface area contributed by atoms with Gasteiger partial charge in [-0.25, -0.2) is 32.5 Å². The summed E-state index contributed by atoms with van der Waals surface area (Å²) in [6, 6.07) is 4.70. The van der Waals surface area contributed by atoms with Crippen LogP contribution in [0.1, 0.15) is 53.1 Å². The summed E-state index contributed by atoms with van der Waals surface area (Å²) >= 11 is 0. The number of halogens is 4. The maximum atomic E-state index is 14.7. The largest absolute Gasteiger partial charge is 0.363 e. The van der Waals surface area contributed by atoms with Gasteiger partial charge in [-0.3, -0.25) is 4.79 Å². The molecule has 0 saturated carbocycles. The van der Waals surface area contributed by atoms with Gasteiger partial charge in [0.1, 0.15) is 29.4 Å². The number of aromatic nitrogens is 3. The van der Waals surface area contributed by atoms with Crippen molar-refractivity contribution < 1.29 is 22.4 Å². The number of nitrogens with zero attached hydrogens (tertiary/aromatic N) is 5. The Bertz CT molecular complexity index is 1270. The van der Waals surface area contributed by atoms with E-state index in [1.807, 2.05) is 0 Å². The van der Waals surface area contributed by atoms with E-state index in [-0.39, 0.29) is 35.0 Å². The van der Waals surface area contributed by atoms with Crippen LogP contribution in [0.25, 0.3) is 11.0 Å². The Hall–Kier alpha value is -3.50. The molecule has 0 bridgehead atoms. The molecule has 0 radical (unpaired) electrons. The first-order chi connectivity index (χ1) is 16.6. The molecule has 0 aliphatic carbocycles. The third-order valence-electron chi connectivity index (χ3n) is 5.96. The first-order valence-electron chi connectivity index (χ1n) is 11.2. The first-order valence-corrected chi connectivity index (χ1v) is 11.2. The van der Waals surface area contributed by atoms with Gasteiger partial charge in [-0.15, -0.1) is 0 Å². The third-order valence-corrected chi connectivity index (χ3v) is 5.96. The van der Waals surface area contributed by atoms with Crippen molar-refractivity contribution in [1.82, 2.24) is 19.9 Å². The van der Waals surface area contributed by atoms with Crippen molar-refractivity contribution >= 4 is 28.6 Å². The van der Waals surface area contributed by atoms with E-state index in [2.05, 4.69) is 20.3 Å². The van der Waals surface area contributed by atoms with Crippen molar-refractivity contribution in [2.75, 3.05) is 37.4 Å². The summed E-state index contributed by atoms with van der Waals surface area (Å²) in [6.07, 6.45) is -3.62. The molecule has 186 valence electrons. The van der Waals surface area contributed by atoms with Crippen LogP contribution in [0.3, 0.4) is 0 Å². The van der Waals surface area contributed by atoms with Crippen molar-refractivity contribution in [2.45, 2.75) is 38.9 Å². The van der Waals surface area contributed by atoms with Crippen molar-refractivity contribution in [3.8, 4) is 0 Å². The number of aryl methyl sites for hydroxylation is 1. The van der Waals surface area contributed by atoms with Gasteiger partial charge in [0.05, 0.1) is 29.1 Å². The number of hydrogen-bond donors (Lipinski definition) is 1. The molecule has 1 aliphatic heterocycles. The molecule has 1 aromatic carbocycles. The number of alkyl halides is 3. The Morgan fingerprint density at radius 1 is 1.20 bits per heavy atom. The minimum atomic E-state index is -2.94. The number of amides is 1. The van der Waals surface area contributed by atoms with Gasteiger partial charge in [-0.1, -0.05) is 18.2 Å². The van der Waals surface area contributed by atoms with Crippen LogP contribution in [-0.4, -0.2) is 59.1 Å². The third kappa shape index (κ3) is 4.85. The lowest BCUT2D eigenvalue weighted by Crippen LogP contribution is -2.28. The average Bonchev–Trinajstić information content (AvgIpc) is 3.23. The van der Waals surface area contributed by atoms with Gasteiger partial charge < -0.3 is 15.1 Å². The smallest absolute Gasteiger partial charge is 0.266 e. The number of pyridine rings is 1. The fraction of sp³-hybridized carbons (Fsp3) is 0.417. The number of carbonyl (C=O) groups excluding carboxylic acids is 1. The van der Waals surface area contributed by atoms with Gasteiger partial charge in [-0.05, 0) is 26.3 Å². The summed E-state index contributed by atoms with van der Waals surface area (Å²) in [7, 11) is 3.20. The molecular weight excluding hydrogens is 464 g/mol. The van der Waals surface area contributed by atoms with Crippen LogP contribution < -0.4 is 10.2 Å². The van der Waals surface area contributed by atoms with Crippen molar-refractivity contribution in [2.24, 2.45) is 0 Å². The fourth-order valence-corrected chi connectivity index (χ4v) is 4.17. The Morgan fingerprint density at radius 3 is 2.54 bits per heavy atom. The molecule has 3 heterocycles. The number of carbonyl (C=O) groups is 1. The summed E-state index contributed by atoms with van der Waals surface area (Å²) in [5.74, 6) is -0.338. The minimum Gasteiger partial charge on any atom is -0.363 e. The molecule has 1 fully saturated rings. The maximum absolute atomic E-state index is 14.7. The molecule has 3 aromatic rings. The summed E-state index contributed by atoms with van der Waals surface area (Å²) in [5.41, 5.74) is -0.0958. The van der Waals surface area contributed by atoms with Gasteiger partial charge >= 0.3 is 0 Å². The highest BCUT2D eigenvalue weighted by Crippen LogP contribution is 2.33. The van der Waals surface area contributed by atoms with Crippen LogP contribution in [-0.2, 0) is 0 Å². The lowest BCUT2D eigenvalue weighted by Gasteiger charge is -2.23. The van der Waals surface area contributed by atoms with Crippen LogP contribution in [0.4, 0.5) is 29.2 Å². The quantitative estimate of drug-likeness (QED) is 0.499. The van der Waals surface area contributed by atoms with E-state index in [1.165, 1.54) is 17.0 Å². The standard InChI is InChI=1S/C24H26F4N6O/c1-12(15-6-5-7-16(19(15)26)20(27)28)29-21-17-10-18(24(35)33(3)4)23(34-9-8-14(25)11-34)32-22(17)31-13(2)30-21/h5-7,10,12,14,20H,8-9,11H2,1-4H3,(H,29,30,31,32)/t12-,14+/m1/s1. The minimum absolute atomic E-state index is 0.0486. The normalized spacial score (nSPS) is 16.7. The van der Waals surface area contributed by atoms with E-state index in [0.29, 0.717) is 30.0 Å². The Balaban J connectivity index is 1.81. The highest BCUT2D eigenvalue weighted by molar-refractivity contribution is 6.03. The Kier molecular flexibility index (Phi) is 6.77. The van der Waals surface area contributed by atoms with Gasteiger partial charge in [0.25, 0.3) is 12.3 Å². The number of anilines is 2. The summed E-state index contributed by atoms with van der Waals surface area (Å²) < 4.78 is 55.0. The van der Waals surface area contributed by atoms with Crippen LogP contribution in [0.5, 0.6) is 0 Å². The van der Waals surface area contributed by atoms with Crippen molar-refractivity contribution in [1.29, 1.82) is 0 Å². The molecule has 2 atom stereocenters. The molecule has 1 aliphatic rings. The lowest BCUT2D eigenvalue weighted by atomic mass is 10.0. The zero-order valence-corrected chi connectivity index (χ0v) is 19.8. The van der Waals surface area contributed by atoms with Crippen LogP contribution in [0, 0.1) is 12.7 Å². The van der Waals surface area contributed by atoms with E-state index in [1.54, 1.807) is 38.9 Å². The summed E-state index contributed by atoms with van der Waals surface area (Å²) in [4.78, 5) is 29.5. The molecule has 1 amide bonds. The topological polar surface area (TPSA) is 74.2 Å². The molecule has 1 N–H and O–H groups in total. The Morgan fingerprint density at radius 2 is 1.91 bits per heavy atom. The van der Waals surface area contributed by atoms with E-state index in [4.69, 9.17) is 0 Å². The van der Waals surface area contributed by atoms with Gasteiger partial charge in [0, 0.05) is 26.2 Å². The number of nitrogens with one attached hydrogen (secondary N) is 1. The molecule has 4 rings (SSSR count). The van der Waals surface area contributed by atoms with E-state index >= 15 is 0 Å². The second-order valence-electron chi connectivity index (χ2n) is 8.80. The van der Waals surface area contributed by atoms with Gasteiger partial charge in [-0.2, -0.15) is 0 Å². The van der Waals surface area contributed by atoms with Crippen LogP contribution in [0.2, 0.25) is 0 Å². The SMILES string of the molecule is Cc1nc(N[C@H](C)c2cccc(C(F)F)c2F)c2cc(C(=O)N(C)C)c(N3CC[C@H](F)C3)nc2n1. The van der Waals surface area contributed by atoms with E-state index in [0.717, 1.165) is 6.07 Å². The van der Waals surface area contributed by atoms with Gasteiger partial charge in [0.2, 0.25) is 0 Å². The average molecular weight is 491 g/mol. The van der Waals surface area contributed by atoms with Crippen molar-refractivity contribution in [3.63, 3.8) is 0 Å². The second kappa shape index (κ2) is 9.63. The predicted octanol–water partition coefficient (Wildman–Crippen LogP) is 4.83. The van der Waals surface area contributed by atoms with Crippen LogP contribution in [0.15, 0.2) is 24.3 Å². The summed E-state index contributed by atoms with van der Waals surface area (Å²) in [5, 5.41) is 3.47. The number of benzene rings is 1. The highest BCUT2D eigenvalue weighted by atomic mass is 19.3. The second-order valence-corrected chi connectivity index (χ2v) is 8.80. The predicted molar refractivity (Wildman–Crippen MR) is 125 cm³/mol. The molecular formula is C24H26F4N6O. The monoisotopic (exact) mass is 490 g/mol. The lowest BCUT2D eigenvalue weighted by molar-refractivity contribution is 0.0828. The molecule has 11 heteroatoms. The molecule has 35 heavy (non-hydrogen) atoms.